The van der Waals surface area contributed by atoms with E-state index in [0.717, 1.165) is 12.8 Å². The number of hydrogen-bond acceptors (Lipinski definition) is 2. The molecule has 2 unspecified atom stereocenters. The van der Waals surface area contributed by atoms with Crippen molar-refractivity contribution in [2.75, 3.05) is 0 Å². The summed E-state index contributed by atoms with van der Waals surface area (Å²) in [6.07, 6.45) is 10.6. The largest absolute Gasteiger partial charge is 0.316 e. The van der Waals surface area contributed by atoms with E-state index < -0.39 is 0 Å². The molecular formula is C15H22N2. The molecular weight excluding hydrogens is 208 g/mol. The van der Waals surface area contributed by atoms with Gasteiger partial charge in [-0.3, -0.25) is 5.32 Å². The lowest BCUT2D eigenvalue weighted by atomic mass is 10.1. The van der Waals surface area contributed by atoms with Crippen LogP contribution >= 0.6 is 0 Å². The molecule has 0 spiro atoms. The lowest BCUT2D eigenvalue weighted by Gasteiger charge is -2.17. The van der Waals surface area contributed by atoms with E-state index >= 15 is 0 Å². The Kier molecular flexibility index (Phi) is 4.77. The molecule has 2 atom stereocenters. The van der Waals surface area contributed by atoms with Crippen molar-refractivity contribution < 1.29 is 0 Å². The van der Waals surface area contributed by atoms with E-state index in [1.807, 2.05) is 6.07 Å². The SMILES string of the molecule is NC1CCCCC(CC=Cc2ccccc2)N1. The van der Waals surface area contributed by atoms with Crippen LogP contribution in [-0.2, 0) is 0 Å². The number of benzene rings is 1. The van der Waals surface area contributed by atoms with Crippen LogP contribution in [0.15, 0.2) is 36.4 Å². The topological polar surface area (TPSA) is 38.0 Å². The molecule has 1 aromatic carbocycles. The summed E-state index contributed by atoms with van der Waals surface area (Å²) in [6, 6.07) is 11.0. The normalized spacial score (nSPS) is 25.9. The third kappa shape index (κ3) is 4.33. The lowest BCUT2D eigenvalue weighted by molar-refractivity contribution is 0.440. The number of rotatable bonds is 3. The van der Waals surface area contributed by atoms with Gasteiger partial charge in [-0.25, -0.2) is 0 Å². The summed E-state index contributed by atoms with van der Waals surface area (Å²) in [4.78, 5) is 0. The smallest absolute Gasteiger partial charge is 0.0548 e. The fourth-order valence-corrected chi connectivity index (χ4v) is 2.34. The van der Waals surface area contributed by atoms with Crippen molar-refractivity contribution in [2.45, 2.75) is 44.3 Å². The highest BCUT2D eigenvalue weighted by Gasteiger charge is 2.14. The predicted molar refractivity (Wildman–Crippen MR) is 73.5 cm³/mol. The van der Waals surface area contributed by atoms with Gasteiger partial charge < -0.3 is 5.73 Å². The van der Waals surface area contributed by atoms with Crippen molar-refractivity contribution in [1.29, 1.82) is 0 Å². The van der Waals surface area contributed by atoms with Gasteiger partial charge in [0.1, 0.15) is 0 Å². The molecule has 0 aliphatic carbocycles. The van der Waals surface area contributed by atoms with Crippen LogP contribution in [0.5, 0.6) is 0 Å². The molecule has 1 aromatic rings. The van der Waals surface area contributed by atoms with Gasteiger partial charge in [-0.1, -0.05) is 55.3 Å². The van der Waals surface area contributed by atoms with Crippen LogP contribution in [0.1, 0.15) is 37.7 Å². The maximum atomic E-state index is 5.97. The second-order valence-corrected chi connectivity index (χ2v) is 4.80. The standard InChI is InChI=1S/C15H22N2/c16-15-12-5-4-10-14(17-15)11-6-9-13-7-2-1-3-8-13/h1-3,6-9,14-15,17H,4-5,10-12,16H2. The number of hydrogen-bond donors (Lipinski definition) is 2. The maximum Gasteiger partial charge on any atom is 0.0548 e. The zero-order valence-electron chi connectivity index (χ0n) is 10.3. The molecule has 1 fully saturated rings. The minimum Gasteiger partial charge on any atom is -0.316 e. The second kappa shape index (κ2) is 6.58. The lowest BCUT2D eigenvalue weighted by Crippen LogP contribution is -2.42. The van der Waals surface area contributed by atoms with Gasteiger partial charge in [0.25, 0.3) is 0 Å². The summed E-state index contributed by atoms with van der Waals surface area (Å²) in [5, 5.41) is 3.49. The highest BCUT2D eigenvalue weighted by molar-refractivity contribution is 5.48. The summed E-state index contributed by atoms with van der Waals surface area (Å²) in [5.41, 5.74) is 7.24. The quantitative estimate of drug-likeness (QED) is 0.838. The highest BCUT2D eigenvalue weighted by atomic mass is 15.0. The third-order valence-electron chi connectivity index (χ3n) is 3.30. The first kappa shape index (κ1) is 12.3. The van der Waals surface area contributed by atoms with Crippen LogP contribution in [0.2, 0.25) is 0 Å². The minimum atomic E-state index is 0.188. The number of nitrogens with one attached hydrogen (secondary N) is 1. The molecule has 2 heteroatoms. The van der Waals surface area contributed by atoms with Gasteiger partial charge >= 0.3 is 0 Å². The van der Waals surface area contributed by atoms with Gasteiger partial charge in [-0.15, -0.1) is 0 Å². The van der Waals surface area contributed by atoms with Crippen molar-refractivity contribution in [3.05, 3.63) is 42.0 Å². The van der Waals surface area contributed by atoms with Crippen LogP contribution in [0.25, 0.3) is 6.08 Å². The van der Waals surface area contributed by atoms with Gasteiger partial charge in [0.05, 0.1) is 6.17 Å². The molecule has 2 rings (SSSR count). The van der Waals surface area contributed by atoms with Crippen LogP contribution in [0.4, 0.5) is 0 Å². The summed E-state index contributed by atoms with van der Waals surface area (Å²) < 4.78 is 0. The summed E-state index contributed by atoms with van der Waals surface area (Å²) in [5.74, 6) is 0. The molecule has 1 heterocycles. The summed E-state index contributed by atoms with van der Waals surface area (Å²) in [7, 11) is 0. The zero-order chi connectivity index (χ0) is 11.9. The van der Waals surface area contributed by atoms with E-state index in [1.54, 1.807) is 0 Å². The Labute approximate surface area is 104 Å². The van der Waals surface area contributed by atoms with Crippen molar-refractivity contribution in [2.24, 2.45) is 5.73 Å². The second-order valence-electron chi connectivity index (χ2n) is 4.80. The Morgan fingerprint density at radius 1 is 1.18 bits per heavy atom. The van der Waals surface area contributed by atoms with E-state index in [0.29, 0.717) is 6.04 Å². The zero-order valence-corrected chi connectivity index (χ0v) is 10.3. The average molecular weight is 230 g/mol. The Hall–Kier alpha value is -1.12. The highest BCUT2D eigenvalue weighted by Crippen LogP contribution is 2.14. The Morgan fingerprint density at radius 3 is 2.76 bits per heavy atom. The molecule has 92 valence electrons. The maximum absolute atomic E-state index is 5.97. The fraction of sp³-hybridized carbons (Fsp3) is 0.467. The van der Waals surface area contributed by atoms with E-state index in [-0.39, 0.29) is 6.17 Å². The average Bonchev–Trinajstić information content (AvgIpc) is 2.55. The molecule has 1 saturated heterocycles. The molecule has 1 aliphatic heterocycles. The van der Waals surface area contributed by atoms with E-state index in [2.05, 4.69) is 41.7 Å². The molecule has 2 nitrogen and oxygen atoms in total. The van der Waals surface area contributed by atoms with Gasteiger partial charge in [0, 0.05) is 6.04 Å². The Bertz CT molecular complexity index is 345. The van der Waals surface area contributed by atoms with Crippen molar-refractivity contribution in [3.63, 3.8) is 0 Å². The van der Waals surface area contributed by atoms with Crippen molar-refractivity contribution >= 4 is 6.08 Å². The molecule has 0 radical (unpaired) electrons. The van der Waals surface area contributed by atoms with Crippen LogP contribution in [-0.4, -0.2) is 12.2 Å². The summed E-state index contributed by atoms with van der Waals surface area (Å²) >= 11 is 0. The van der Waals surface area contributed by atoms with E-state index in [1.165, 1.54) is 24.8 Å². The number of nitrogens with two attached hydrogens (primary N) is 1. The van der Waals surface area contributed by atoms with Crippen molar-refractivity contribution in [1.82, 2.24) is 5.32 Å². The molecule has 0 amide bonds. The third-order valence-corrected chi connectivity index (χ3v) is 3.30. The molecule has 1 aliphatic rings. The van der Waals surface area contributed by atoms with Crippen LogP contribution in [0.3, 0.4) is 0 Å². The predicted octanol–water partition coefficient (Wildman–Crippen LogP) is 2.91. The first-order valence-electron chi connectivity index (χ1n) is 6.58. The fourth-order valence-electron chi connectivity index (χ4n) is 2.34. The summed E-state index contributed by atoms with van der Waals surface area (Å²) in [6.45, 7) is 0. The van der Waals surface area contributed by atoms with Gasteiger partial charge in [-0.2, -0.15) is 0 Å². The molecule has 3 N–H and O–H groups in total. The molecule has 0 aromatic heterocycles. The Morgan fingerprint density at radius 2 is 1.94 bits per heavy atom. The van der Waals surface area contributed by atoms with Crippen LogP contribution in [0, 0.1) is 0 Å². The first-order chi connectivity index (χ1) is 8.34. The van der Waals surface area contributed by atoms with E-state index in [4.69, 9.17) is 5.73 Å². The monoisotopic (exact) mass is 230 g/mol. The van der Waals surface area contributed by atoms with Gasteiger partial charge in [0.2, 0.25) is 0 Å². The Balaban J connectivity index is 1.82. The van der Waals surface area contributed by atoms with E-state index in [9.17, 15) is 0 Å². The minimum absolute atomic E-state index is 0.188. The van der Waals surface area contributed by atoms with Gasteiger partial charge in [0.15, 0.2) is 0 Å². The first-order valence-corrected chi connectivity index (χ1v) is 6.58. The molecule has 0 bridgehead atoms. The van der Waals surface area contributed by atoms with Crippen LogP contribution < -0.4 is 11.1 Å². The van der Waals surface area contributed by atoms with Crippen molar-refractivity contribution in [3.8, 4) is 0 Å². The van der Waals surface area contributed by atoms with Gasteiger partial charge in [-0.05, 0) is 24.8 Å². The molecule has 17 heavy (non-hydrogen) atoms. The molecule has 0 saturated carbocycles.